The first kappa shape index (κ1) is 29.6. The van der Waals surface area contributed by atoms with Gasteiger partial charge in [-0.25, -0.2) is 0 Å². The van der Waals surface area contributed by atoms with Gasteiger partial charge in [-0.3, -0.25) is 0 Å². The number of benzene rings is 5. The van der Waals surface area contributed by atoms with Crippen LogP contribution in [0.25, 0.3) is 48.9 Å². The predicted octanol–water partition coefficient (Wildman–Crippen LogP) is 9.45. The van der Waals surface area contributed by atoms with Crippen molar-refractivity contribution >= 4 is 16.8 Å². The van der Waals surface area contributed by atoms with E-state index in [0.717, 1.165) is 55.5 Å². The molecule has 2 unspecified atom stereocenters. The fourth-order valence-corrected chi connectivity index (χ4v) is 7.05. The molecule has 1 aliphatic heterocycles. The molecule has 1 heterocycles. The average molecular weight is 623 g/mol. The summed E-state index contributed by atoms with van der Waals surface area (Å²) < 4.78 is 24.5. The molecule has 0 saturated carbocycles. The number of nitrogens with zero attached hydrogens (tertiary/aromatic N) is 6. The molecule has 5 aromatic rings. The molecule has 0 N–H and O–H groups in total. The number of ether oxygens (including phenoxy) is 4. The standard InChI is InChI=1S/C37H30N6O4/c1-36(21-40-42-38)30-12-8-7-11-26(30)33-28-19-32(46-22-41-43-39)31(45-3)20-29(28)35-27(34(33)36)17-18-37(47-35,23-9-5-4-6-10-23)24-13-15-25(44-2)16-14-24/h4-20H,21-22H2,1-3H3. The van der Waals surface area contributed by atoms with Gasteiger partial charge in [-0.05, 0) is 69.0 Å². The zero-order chi connectivity index (χ0) is 32.6. The summed E-state index contributed by atoms with van der Waals surface area (Å²) in [6.07, 6.45) is 4.23. The molecule has 10 heteroatoms. The third-order valence-electron chi connectivity index (χ3n) is 9.18. The van der Waals surface area contributed by atoms with Gasteiger partial charge in [-0.2, -0.15) is 0 Å². The van der Waals surface area contributed by atoms with E-state index < -0.39 is 11.0 Å². The SMILES string of the molecule is COc1ccc(C2(c3ccccc3)C=Cc3c4c(c5cc(OCN=[N+]=[N-])c(OC)cc5c3O2)-c2ccccc2C4(C)CN=[N+]=[N-])cc1. The molecule has 0 saturated heterocycles. The summed E-state index contributed by atoms with van der Waals surface area (Å²) >= 11 is 0. The van der Waals surface area contributed by atoms with Gasteiger partial charge in [0.2, 0.25) is 0 Å². The van der Waals surface area contributed by atoms with Crippen LogP contribution in [-0.4, -0.2) is 27.5 Å². The predicted molar refractivity (Wildman–Crippen MR) is 181 cm³/mol. The Hall–Kier alpha value is -6.08. The average Bonchev–Trinajstić information content (AvgIpc) is 3.39. The van der Waals surface area contributed by atoms with Crippen molar-refractivity contribution < 1.29 is 18.9 Å². The van der Waals surface area contributed by atoms with Gasteiger partial charge in [-0.15, -0.1) is 0 Å². The van der Waals surface area contributed by atoms with Gasteiger partial charge in [0.25, 0.3) is 0 Å². The van der Waals surface area contributed by atoms with Gasteiger partial charge in [0, 0.05) is 43.9 Å². The summed E-state index contributed by atoms with van der Waals surface area (Å²) in [5, 5.41) is 9.34. The number of azide groups is 2. The highest BCUT2D eigenvalue weighted by Gasteiger charge is 2.46. The molecule has 0 aromatic heterocycles. The van der Waals surface area contributed by atoms with Crippen molar-refractivity contribution in [3.63, 3.8) is 0 Å². The van der Waals surface area contributed by atoms with Crippen LogP contribution in [0, 0.1) is 0 Å². The summed E-state index contributed by atoms with van der Waals surface area (Å²) in [5.41, 5.74) is 23.5. The van der Waals surface area contributed by atoms with Crippen molar-refractivity contribution in [2.75, 3.05) is 27.5 Å². The van der Waals surface area contributed by atoms with Gasteiger partial charge in [-0.1, -0.05) is 90.0 Å². The maximum Gasteiger partial charge on any atom is 0.178 e. The lowest BCUT2D eigenvalue weighted by Crippen LogP contribution is -2.35. The van der Waals surface area contributed by atoms with E-state index in [4.69, 9.17) is 24.5 Å². The van der Waals surface area contributed by atoms with Crippen molar-refractivity contribution in [2.24, 2.45) is 10.2 Å². The minimum atomic E-state index is -0.988. The Morgan fingerprint density at radius 1 is 0.787 bits per heavy atom. The number of fused-ring (bicyclic) bond motifs is 8. The molecule has 5 aromatic carbocycles. The molecule has 0 spiro atoms. The van der Waals surface area contributed by atoms with Crippen LogP contribution in [0.1, 0.15) is 34.7 Å². The first-order valence-corrected chi connectivity index (χ1v) is 15.0. The van der Waals surface area contributed by atoms with Crippen molar-refractivity contribution in [3.05, 3.63) is 146 Å². The Balaban J connectivity index is 1.58. The number of hydrogen-bond acceptors (Lipinski definition) is 6. The van der Waals surface area contributed by atoms with E-state index in [-0.39, 0.29) is 13.3 Å². The van der Waals surface area contributed by atoms with E-state index in [1.165, 1.54) is 0 Å². The molecule has 10 nitrogen and oxygen atoms in total. The quantitative estimate of drug-likeness (QED) is 0.0919. The maximum atomic E-state index is 9.45. The van der Waals surface area contributed by atoms with Crippen molar-refractivity contribution in [1.82, 2.24) is 0 Å². The van der Waals surface area contributed by atoms with E-state index >= 15 is 0 Å². The highest BCUT2D eigenvalue weighted by molar-refractivity contribution is 6.09. The fraction of sp³-hybridized carbons (Fsp3) is 0.189. The Morgan fingerprint density at radius 3 is 2.21 bits per heavy atom. The molecule has 232 valence electrons. The Labute approximate surface area is 271 Å². The van der Waals surface area contributed by atoms with Crippen molar-refractivity contribution in [3.8, 4) is 34.1 Å². The molecule has 1 aliphatic carbocycles. The molecule has 2 atom stereocenters. The first-order chi connectivity index (χ1) is 23.0. The summed E-state index contributed by atoms with van der Waals surface area (Å²) in [6.45, 7) is 2.11. The van der Waals surface area contributed by atoms with Gasteiger partial charge < -0.3 is 18.9 Å². The summed E-state index contributed by atoms with van der Waals surface area (Å²) in [4.78, 5) is 5.98. The molecule has 0 fully saturated rings. The Bertz CT molecular complexity index is 2150. The normalized spacial score (nSPS) is 18.5. The highest BCUT2D eigenvalue weighted by Crippen LogP contribution is 2.59. The Morgan fingerprint density at radius 2 is 1.49 bits per heavy atom. The maximum absolute atomic E-state index is 9.45. The van der Waals surface area contributed by atoms with Crippen LogP contribution >= 0.6 is 0 Å². The minimum Gasteiger partial charge on any atom is -0.497 e. The van der Waals surface area contributed by atoms with Crippen LogP contribution in [0.5, 0.6) is 23.0 Å². The van der Waals surface area contributed by atoms with Crippen LogP contribution in [-0.2, 0) is 11.0 Å². The second kappa shape index (κ2) is 11.7. The van der Waals surface area contributed by atoms with E-state index in [2.05, 4.69) is 63.4 Å². The lowest BCUT2D eigenvalue weighted by Gasteiger charge is -2.39. The number of hydrogen-bond donors (Lipinski definition) is 0. The second-order valence-corrected chi connectivity index (χ2v) is 11.6. The molecule has 0 bridgehead atoms. The van der Waals surface area contributed by atoms with Crippen LogP contribution in [0.3, 0.4) is 0 Å². The zero-order valence-electron chi connectivity index (χ0n) is 26.0. The molecule has 2 aliphatic rings. The van der Waals surface area contributed by atoms with Crippen molar-refractivity contribution in [1.29, 1.82) is 0 Å². The fourth-order valence-electron chi connectivity index (χ4n) is 7.05. The monoisotopic (exact) mass is 622 g/mol. The topological polar surface area (TPSA) is 134 Å². The smallest absolute Gasteiger partial charge is 0.178 e. The third-order valence-corrected chi connectivity index (χ3v) is 9.18. The molecule has 0 amide bonds. The van der Waals surface area contributed by atoms with Gasteiger partial charge >= 0.3 is 0 Å². The van der Waals surface area contributed by atoms with E-state index in [1.54, 1.807) is 14.2 Å². The zero-order valence-corrected chi connectivity index (χ0v) is 26.0. The molecular weight excluding hydrogens is 592 g/mol. The molecule has 0 radical (unpaired) electrons. The van der Waals surface area contributed by atoms with Crippen LogP contribution in [0.15, 0.2) is 107 Å². The van der Waals surface area contributed by atoms with E-state index in [0.29, 0.717) is 17.2 Å². The van der Waals surface area contributed by atoms with E-state index in [9.17, 15) is 5.53 Å². The third kappa shape index (κ3) is 4.58. The van der Waals surface area contributed by atoms with E-state index in [1.807, 2.05) is 66.7 Å². The summed E-state index contributed by atoms with van der Waals surface area (Å²) in [7, 11) is 3.21. The largest absolute Gasteiger partial charge is 0.497 e. The van der Waals surface area contributed by atoms with Gasteiger partial charge in [0.05, 0.1) is 14.2 Å². The minimum absolute atomic E-state index is 0.204. The van der Waals surface area contributed by atoms with Crippen LogP contribution in [0.4, 0.5) is 0 Å². The highest BCUT2D eigenvalue weighted by atomic mass is 16.5. The molecular formula is C37H30N6O4. The second-order valence-electron chi connectivity index (χ2n) is 11.6. The lowest BCUT2D eigenvalue weighted by atomic mass is 9.75. The van der Waals surface area contributed by atoms with Gasteiger partial charge in [0.1, 0.15) is 11.5 Å². The summed E-state index contributed by atoms with van der Waals surface area (Å²) in [6, 6.07) is 30.0. The van der Waals surface area contributed by atoms with Crippen molar-refractivity contribution in [2.45, 2.75) is 17.9 Å². The summed E-state index contributed by atoms with van der Waals surface area (Å²) in [5.74, 6) is 2.28. The first-order valence-electron chi connectivity index (χ1n) is 15.0. The van der Waals surface area contributed by atoms with Crippen LogP contribution in [0.2, 0.25) is 0 Å². The Kier molecular flexibility index (Phi) is 7.37. The molecule has 47 heavy (non-hydrogen) atoms. The number of methoxy groups -OCH3 is 2. The lowest BCUT2D eigenvalue weighted by molar-refractivity contribution is 0.163. The van der Waals surface area contributed by atoms with Crippen LogP contribution < -0.4 is 18.9 Å². The van der Waals surface area contributed by atoms with Gasteiger partial charge in [0.15, 0.2) is 23.8 Å². The molecule has 7 rings (SSSR count). The number of rotatable bonds is 9.